The number of urea groups is 1. The van der Waals surface area contributed by atoms with Gasteiger partial charge in [0.15, 0.2) is 0 Å². The maximum absolute atomic E-state index is 12.0. The molecule has 2 aliphatic rings. The van der Waals surface area contributed by atoms with Crippen molar-refractivity contribution in [3.05, 3.63) is 35.4 Å². The fourth-order valence-electron chi connectivity index (χ4n) is 2.37. The molecule has 2 amide bonds. The van der Waals surface area contributed by atoms with Gasteiger partial charge < -0.3 is 10.2 Å². The van der Waals surface area contributed by atoms with Crippen molar-refractivity contribution < 1.29 is 4.79 Å². The summed E-state index contributed by atoms with van der Waals surface area (Å²) in [6.07, 6.45) is 4.45. The Morgan fingerprint density at radius 2 is 2.00 bits per heavy atom. The van der Waals surface area contributed by atoms with E-state index in [0.717, 1.165) is 38.8 Å². The van der Waals surface area contributed by atoms with Gasteiger partial charge in [0.25, 0.3) is 0 Å². The van der Waals surface area contributed by atoms with Crippen molar-refractivity contribution >= 4 is 6.03 Å². The number of carbonyl (C=O) groups is 1. The molecule has 1 N–H and O–H groups in total. The number of nitrogens with one attached hydrogen (secondary N) is 1. The second kappa shape index (κ2) is 4.40. The Balaban J connectivity index is 1.72. The van der Waals surface area contributed by atoms with E-state index in [4.69, 9.17) is 0 Å². The molecule has 1 heterocycles. The van der Waals surface area contributed by atoms with E-state index in [0.29, 0.717) is 6.04 Å². The zero-order chi connectivity index (χ0) is 11.7. The molecule has 1 aromatic rings. The van der Waals surface area contributed by atoms with Crippen LogP contribution in [0, 0.1) is 0 Å². The molecule has 1 aliphatic heterocycles. The number of hydrogen-bond donors (Lipinski definition) is 1. The molecule has 1 aliphatic carbocycles. The molecule has 0 bridgehead atoms. The second-order valence-corrected chi connectivity index (χ2v) is 5.02. The van der Waals surface area contributed by atoms with E-state index >= 15 is 0 Å². The number of hydrogen-bond acceptors (Lipinski definition) is 1. The van der Waals surface area contributed by atoms with Gasteiger partial charge in [0, 0.05) is 19.1 Å². The Kier molecular flexibility index (Phi) is 2.75. The second-order valence-electron chi connectivity index (χ2n) is 5.02. The molecule has 0 spiro atoms. The highest BCUT2D eigenvalue weighted by molar-refractivity contribution is 5.75. The Morgan fingerprint density at radius 3 is 2.76 bits per heavy atom. The van der Waals surface area contributed by atoms with Gasteiger partial charge in [-0.2, -0.15) is 0 Å². The zero-order valence-corrected chi connectivity index (χ0v) is 9.98. The van der Waals surface area contributed by atoms with Crippen LogP contribution >= 0.6 is 0 Å². The zero-order valence-electron chi connectivity index (χ0n) is 9.98. The largest absolute Gasteiger partial charge is 0.335 e. The van der Waals surface area contributed by atoms with Crippen LogP contribution in [0.15, 0.2) is 24.3 Å². The van der Waals surface area contributed by atoms with Crippen molar-refractivity contribution in [2.75, 3.05) is 6.54 Å². The lowest BCUT2D eigenvalue weighted by Gasteiger charge is -2.21. The van der Waals surface area contributed by atoms with Crippen molar-refractivity contribution in [2.24, 2.45) is 0 Å². The van der Waals surface area contributed by atoms with Crippen molar-refractivity contribution in [1.82, 2.24) is 10.2 Å². The topological polar surface area (TPSA) is 32.3 Å². The molecule has 0 radical (unpaired) electrons. The van der Waals surface area contributed by atoms with E-state index in [2.05, 4.69) is 29.6 Å². The molecule has 17 heavy (non-hydrogen) atoms. The van der Waals surface area contributed by atoms with Gasteiger partial charge in [0.1, 0.15) is 0 Å². The average Bonchev–Trinajstić information content (AvgIpc) is 3.13. The first kappa shape index (κ1) is 10.6. The lowest BCUT2D eigenvalue weighted by molar-refractivity contribution is 0.195. The summed E-state index contributed by atoms with van der Waals surface area (Å²) in [5.41, 5.74) is 2.70. The van der Waals surface area contributed by atoms with E-state index in [9.17, 15) is 4.79 Å². The number of benzene rings is 1. The van der Waals surface area contributed by atoms with Crippen molar-refractivity contribution in [3.63, 3.8) is 0 Å². The van der Waals surface area contributed by atoms with Gasteiger partial charge in [-0.1, -0.05) is 24.3 Å². The Labute approximate surface area is 102 Å². The maximum Gasteiger partial charge on any atom is 0.317 e. The van der Waals surface area contributed by atoms with Gasteiger partial charge in [0.2, 0.25) is 0 Å². The van der Waals surface area contributed by atoms with Gasteiger partial charge in [0.05, 0.1) is 0 Å². The number of nitrogens with zero attached hydrogens (tertiary/aromatic N) is 1. The van der Waals surface area contributed by atoms with Gasteiger partial charge in [-0.15, -0.1) is 0 Å². The van der Waals surface area contributed by atoms with Crippen molar-refractivity contribution in [3.8, 4) is 0 Å². The maximum atomic E-state index is 12.0. The molecule has 0 unspecified atom stereocenters. The van der Waals surface area contributed by atoms with Gasteiger partial charge in [-0.3, -0.25) is 0 Å². The quantitative estimate of drug-likeness (QED) is 0.789. The molecule has 3 nitrogen and oxygen atoms in total. The first-order valence-electron chi connectivity index (χ1n) is 6.45. The van der Waals surface area contributed by atoms with E-state index in [-0.39, 0.29) is 6.03 Å². The van der Waals surface area contributed by atoms with Crippen LogP contribution in [0.25, 0.3) is 0 Å². The molecular formula is C14H18N2O. The number of rotatable bonds is 1. The number of amides is 2. The number of carbonyl (C=O) groups excluding carboxylic acids is 1. The standard InChI is InChI=1S/C14H18N2O/c17-14(15-13-7-8-13)16-9-3-6-11-4-1-2-5-12(11)10-16/h1-2,4-5,13H,3,6-10H2,(H,15,17). The summed E-state index contributed by atoms with van der Waals surface area (Å²) >= 11 is 0. The summed E-state index contributed by atoms with van der Waals surface area (Å²) in [6.45, 7) is 1.63. The van der Waals surface area contributed by atoms with Crippen LogP contribution in [0.2, 0.25) is 0 Å². The Bertz CT molecular complexity index is 426. The molecule has 0 saturated heterocycles. The molecule has 1 aromatic carbocycles. The van der Waals surface area contributed by atoms with Crippen LogP contribution in [-0.4, -0.2) is 23.5 Å². The predicted molar refractivity (Wildman–Crippen MR) is 66.7 cm³/mol. The molecule has 1 saturated carbocycles. The summed E-state index contributed by atoms with van der Waals surface area (Å²) in [6, 6.07) is 9.01. The van der Waals surface area contributed by atoms with Crippen LogP contribution < -0.4 is 5.32 Å². The van der Waals surface area contributed by atoms with Crippen LogP contribution in [0.1, 0.15) is 30.4 Å². The smallest absolute Gasteiger partial charge is 0.317 e. The third-order valence-corrected chi connectivity index (χ3v) is 3.55. The lowest BCUT2D eigenvalue weighted by atomic mass is 10.0. The third-order valence-electron chi connectivity index (χ3n) is 3.55. The number of aryl methyl sites for hydroxylation is 1. The molecule has 0 aromatic heterocycles. The summed E-state index contributed by atoms with van der Waals surface area (Å²) in [5, 5.41) is 3.07. The molecular weight excluding hydrogens is 212 g/mol. The summed E-state index contributed by atoms with van der Waals surface area (Å²) < 4.78 is 0. The lowest BCUT2D eigenvalue weighted by Crippen LogP contribution is -2.40. The minimum atomic E-state index is 0.115. The SMILES string of the molecule is O=C(NC1CC1)N1CCCc2ccccc2C1. The van der Waals surface area contributed by atoms with Crippen LogP contribution in [0.4, 0.5) is 4.79 Å². The van der Waals surface area contributed by atoms with Crippen LogP contribution in [0.3, 0.4) is 0 Å². The monoisotopic (exact) mass is 230 g/mol. The highest BCUT2D eigenvalue weighted by atomic mass is 16.2. The molecule has 0 atom stereocenters. The van der Waals surface area contributed by atoms with E-state index in [1.165, 1.54) is 11.1 Å². The molecule has 90 valence electrons. The van der Waals surface area contributed by atoms with Crippen LogP contribution in [0.5, 0.6) is 0 Å². The Morgan fingerprint density at radius 1 is 1.24 bits per heavy atom. The van der Waals surface area contributed by atoms with E-state index in [1.54, 1.807) is 0 Å². The molecule has 3 heteroatoms. The molecule has 1 fully saturated rings. The fraction of sp³-hybridized carbons (Fsp3) is 0.500. The molecule has 3 rings (SSSR count). The Hall–Kier alpha value is -1.51. The van der Waals surface area contributed by atoms with Gasteiger partial charge >= 0.3 is 6.03 Å². The average molecular weight is 230 g/mol. The summed E-state index contributed by atoms with van der Waals surface area (Å²) in [5.74, 6) is 0. The third kappa shape index (κ3) is 2.43. The normalized spacial score (nSPS) is 19.4. The van der Waals surface area contributed by atoms with E-state index < -0.39 is 0 Å². The van der Waals surface area contributed by atoms with Crippen molar-refractivity contribution in [2.45, 2.75) is 38.3 Å². The summed E-state index contributed by atoms with van der Waals surface area (Å²) in [4.78, 5) is 14.0. The summed E-state index contributed by atoms with van der Waals surface area (Å²) in [7, 11) is 0. The fourth-order valence-corrected chi connectivity index (χ4v) is 2.37. The minimum absolute atomic E-state index is 0.115. The minimum Gasteiger partial charge on any atom is -0.335 e. The van der Waals surface area contributed by atoms with Gasteiger partial charge in [-0.25, -0.2) is 4.79 Å². The van der Waals surface area contributed by atoms with Gasteiger partial charge in [-0.05, 0) is 36.8 Å². The first-order chi connectivity index (χ1) is 8.33. The highest BCUT2D eigenvalue weighted by Gasteiger charge is 2.26. The first-order valence-corrected chi connectivity index (χ1v) is 6.45. The highest BCUT2D eigenvalue weighted by Crippen LogP contribution is 2.21. The van der Waals surface area contributed by atoms with Crippen molar-refractivity contribution in [1.29, 1.82) is 0 Å². The number of fused-ring (bicyclic) bond motifs is 1. The predicted octanol–water partition coefficient (Wildman–Crippen LogP) is 2.31. The van der Waals surface area contributed by atoms with Crippen LogP contribution in [-0.2, 0) is 13.0 Å². The van der Waals surface area contributed by atoms with E-state index in [1.807, 2.05) is 4.90 Å².